The Kier molecular flexibility index (Phi) is 3.22. The maximum absolute atomic E-state index is 11.8. The maximum atomic E-state index is 11.8. The number of benzene rings is 1. The van der Waals surface area contributed by atoms with Gasteiger partial charge in [-0.15, -0.1) is 0 Å². The smallest absolute Gasteiger partial charge is 0.222 e. The average molecular weight is 298 g/mol. The topological polar surface area (TPSA) is 36.7 Å². The number of fused-ring (bicyclic) bond motifs is 1. The van der Waals surface area contributed by atoms with Crippen LogP contribution in [0.2, 0.25) is 0 Å². The predicted molar refractivity (Wildman–Crippen MR) is 85.5 cm³/mol. The van der Waals surface area contributed by atoms with E-state index in [4.69, 9.17) is 4.42 Å². The third kappa shape index (κ3) is 2.22. The molecular formula is C18H22N2O2. The highest BCUT2D eigenvalue weighted by Gasteiger charge is 2.44. The van der Waals surface area contributed by atoms with Crippen LogP contribution in [-0.4, -0.2) is 41.4 Å². The fraction of sp³-hybridized carbons (Fsp3) is 0.500. The zero-order valence-electron chi connectivity index (χ0n) is 13.0. The Morgan fingerprint density at radius 3 is 2.64 bits per heavy atom. The highest BCUT2D eigenvalue weighted by Crippen LogP contribution is 2.38. The number of piperidine rings is 1. The van der Waals surface area contributed by atoms with Gasteiger partial charge in [-0.05, 0) is 31.4 Å². The molecule has 4 nitrogen and oxygen atoms in total. The fourth-order valence-electron chi connectivity index (χ4n) is 3.99. The monoisotopic (exact) mass is 298 g/mol. The number of para-hydroxylation sites is 1. The van der Waals surface area contributed by atoms with E-state index in [9.17, 15) is 4.79 Å². The van der Waals surface area contributed by atoms with Gasteiger partial charge in [0.15, 0.2) is 0 Å². The number of hydrogen-bond donors (Lipinski definition) is 0. The van der Waals surface area contributed by atoms with E-state index in [1.165, 1.54) is 5.39 Å². The van der Waals surface area contributed by atoms with Crippen molar-refractivity contribution in [1.29, 1.82) is 0 Å². The van der Waals surface area contributed by atoms with Gasteiger partial charge in [-0.2, -0.15) is 0 Å². The Morgan fingerprint density at radius 1 is 1.18 bits per heavy atom. The molecule has 1 amide bonds. The first-order chi connectivity index (χ1) is 10.7. The molecule has 0 bridgehead atoms. The standard InChI is InChI=1S/C18H22N2O2/c1-19-17(21)6-7-18(19)8-10-20(11-9-18)13-15-12-14-4-2-3-5-16(14)22-15/h2-5,12H,6-11,13H2,1H3. The first-order valence-electron chi connectivity index (χ1n) is 8.13. The van der Waals surface area contributed by atoms with Crippen LogP contribution in [0.15, 0.2) is 34.7 Å². The summed E-state index contributed by atoms with van der Waals surface area (Å²) in [5.41, 5.74) is 1.09. The van der Waals surface area contributed by atoms with Crippen molar-refractivity contribution >= 4 is 16.9 Å². The Hall–Kier alpha value is -1.81. The van der Waals surface area contributed by atoms with Crippen molar-refractivity contribution in [1.82, 2.24) is 9.80 Å². The molecule has 2 fully saturated rings. The second-order valence-electron chi connectivity index (χ2n) is 6.70. The van der Waals surface area contributed by atoms with E-state index in [2.05, 4.69) is 17.0 Å². The van der Waals surface area contributed by atoms with Crippen molar-refractivity contribution in [2.24, 2.45) is 0 Å². The Balaban J connectivity index is 1.43. The normalized spacial score (nSPS) is 22.0. The lowest BCUT2D eigenvalue weighted by Crippen LogP contribution is -2.51. The number of likely N-dealkylation sites (tertiary alicyclic amines) is 2. The summed E-state index contributed by atoms with van der Waals surface area (Å²) in [7, 11) is 1.98. The number of nitrogens with zero attached hydrogens (tertiary/aromatic N) is 2. The molecule has 1 aromatic heterocycles. The van der Waals surface area contributed by atoms with E-state index < -0.39 is 0 Å². The van der Waals surface area contributed by atoms with Gasteiger partial charge in [-0.1, -0.05) is 18.2 Å². The molecule has 0 unspecified atom stereocenters. The molecule has 0 aliphatic carbocycles. The molecule has 4 rings (SSSR count). The molecule has 0 atom stereocenters. The van der Waals surface area contributed by atoms with Crippen LogP contribution in [0.4, 0.5) is 0 Å². The van der Waals surface area contributed by atoms with Crippen LogP contribution >= 0.6 is 0 Å². The molecule has 1 spiro atoms. The zero-order valence-corrected chi connectivity index (χ0v) is 13.0. The van der Waals surface area contributed by atoms with Crippen molar-refractivity contribution < 1.29 is 9.21 Å². The minimum atomic E-state index is 0.126. The molecule has 2 aliphatic rings. The molecule has 22 heavy (non-hydrogen) atoms. The molecule has 0 saturated carbocycles. The number of rotatable bonds is 2. The molecule has 3 heterocycles. The molecule has 1 aromatic carbocycles. The average Bonchev–Trinajstić information content (AvgIpc) is 3.06. The zero-order chi connectivity index (χ0) is 15.2. The fourth-order valence-corrected chi connectivity index (χ4v) is 3.99. The lowest BCUT2D eigenvalue weighted by atomic mass is 9.85. The van der Waals surface area contributed by atoms with Crippen LogP contribution in [0.25, 0.3) is 11.0 Å². The van der Waals surface area contributed by atoms with Crippen molar-refractivity contribution in [2.75, 3.05) is 20.1 Å². The van der Waals surface area contributed by atoms with Gasteiger partial charge in [0.1, 0.15) is 11.3 Å². The van der Waals surface area contributed by atoms with Gasteiger partial charge in [0.25, 0.3) is 0 Å². The quantitative estimate of drug-likeness (QED) is 0.855. The summed E-state index contributed by atoms with van der Waals surface area (Å²) in [5.74, 6) is 1.35. The predicted octanol–water partition coefficient (Wildman–Crippen LogP) is 3.02. The lowest BCUT2D eigenvalue weighted by molar-refractivity contribution is -0.130. The van der Waals surface area contributed by atoms with Crippen LogP contribution in [0.1, 0.15) is 31.4 Å². The van der Waals surface area contributed by atoms with E-state index >= 15 is 0 Å². The van der Waals surface area contributed by atoms with E-state index in [1.807, 2.05) is 30.1 Å². The summed E-state index contributed by atoms with van der Waals surface area (Å²) in [4.78, 5) is 16.3. The summed E-state index contributed by atoms with van der Waals surface area (Å²) in [6.07, 6.45) is 3.91. The molecular weight excluding hydrogens is 276 g/mol. The third-order valence-corrected chi connectivity index (χ3v) is 5.53. The van der Waals surface area contributed by atoms with E-state index in [-0.39, 0.29) is 5.54 Å². The molecule has 116 valence electrons. The van der Waals surface area contributed by atoms with E-state index in [0.717, 1.165) is 56.7 Å². The lowest BCUT2D eigenvalue weighted by Gasteiger charge is -2.43. The second kappa shape index (κ2) is 5.13. The summed E-state index contributed by atoms with van der Waals surface area (Å²) < 4.78 is 5.92. The van der Waals surface area contributed by atoms with Crippen molar-refractivity contribution in [2.45, 2.75) is 37.8 Å². The minimum Gasteiger partial charge on any atom is -0.460 e. The second-order valence-corrected chi connectivity index (χ2v) is 6.70. The summed E-state index contributed by atoms with van der Waals surface area (Å²) >= 11 is 0. The number of amides is 1. The molecule has 2 saturated heterocycles. The maximum Gasteiger partial charge on any atom is 0.222 e. The van der Waals surface area contributed by atoms with Crippen LogP contribution in [0.3, 0.4) is 0 Å². The van der Waals surface area contributed by atoms with Gasteiger partial charge >= 0.3 is 0 Å². The number of furan rings is 1. The minimum absolute atomic E-state index is 0.126. The van der Waals surface area contributed by atoms with Gasteiger partial charge in [0.2, 0.25) is 5.91 Å². The van der Waals surface area contributed by atoms with Crippen molar-refractivity contribution in [3.63, 3.8) is 0 Å². The molecule has 2 aromatic rings. The summed E-state index contributed by atoms with van der Waals surface area (Å²) in [6.45, 7) is 2.94. The highest BCUT2D eigenvalue weighted by molar-refractivity contribution is 5.79. The van der Waals surface area contributed by atoms with Crippen LogP contribution in [0, 0.1) is 0 Å². The highest BCUT2D eigenvalue weighted by atomic mass is 16.3. The molecule has 2 aliphatic heterocycles. The Morgan fingerprint density at radius 2 is 1.95 bits per heavy atom. The Labute approximate surface area is 130 Å². The van der Waals surface area contributed by atoms with E-state index in [1.54, 1.807) is 0 Å². The first-order valence-corrected chi connectivity index (χ1v) is 8.13. The van der Waals surface area contributed by atoms with Gasteiger partial charge in [-0.25, -0.2) is 0 Å². The molecule has 4 heteroatoms. The van der Waals surface area contributed by atoms with Crippen LogP contribution in [-0.2, 0) is 11.3 Å². The van der Waals surface area contributed by atoms with E-state index in [0.29, 0.717) is 5.91 Å². The SMILES string of the molecule is CN1C(=O)CCC12CCN(Cc1cc3ccccc3o1)CC2. The Bertz CT molecular complexity index is 665. The summed E-state index contributed by atoms with van der Waals surface area (Å²) in [6, 6.07) is 10.3. The van der Waals surface area contributed by atoms with Gasteiger partial charge in [0.05, 0.1) is 6.54 Å². The molecule has 0 N–H and O–H groups in total. The van der Waals surface area contributed by atoms with Gasteiger partial charge in [0, 0.05) is 37.5 Å². The number of carbonyl (C=O) groups is 1. The van der Waals surface area contributed by atoms with Crippen molar-refractivity contribution in [3.05, 3.63) is 36.1 Å². The van der Waals surface area contributed by atoms with Crippen LogP contribution in [0.5, 0.6) is 0 Å². The third-order valence-electron chi connectivity index (χ3n) is 5.53. The number of carbonyl (C=O) groups excluding carboxylic acids is 1. The molecule has 0 radical (unpaired) electrons. The van der Waals surface area contributed by atoms with Gasteiger partial charge in [-0.3, -0.25) is 9.69 Å². The van der Waals surface area contributed by atoms with Gasteiger partial charge < -0.3 is 9.32 Å². The first kappa shape index (κ1) is 13.8. The van der Waals surface area contributed by atoms with Crippen LogP contribution < -0.4 is 0 Å². The summed E-state index contributed by atoms with van der Waals surface area (Å²) in [5, 5.41) is 1.17. The largest absolute Gasteiger partial charge is 0.460 e. The van der Waals surface area contributed by atoms with Crippen molar-refractivity contribution in [3.8, 4) is 0 Å². The number of hydrogen-bond acceptors (Lipinski definition) is 3.